The van der Waals surface area contributed by atoms with Crippen LogP contribution in [-0.4, -0.2) is 19.1 Å². The van der Waals surface area contributed by atoms with Gasteiger partial charge in [0.25, 0.3) is 0 Å². The van der Waals surface area contributed by atoms with Gasteiger partial charge in [-0.15, -0.1) is 0 Å². The third-order valence-corrected chi connectivity index (χ3v) is 12.7. The van der Waals surface area contributed by atoms with Crippen LogP contribution in [0.4, 0.5) is 5.69 Å². The Morgan fingerprint density at radius 3 is 1.45 bits per heavy atom. The third-order valence-electron chi connectivity index (χ3n) is 12.7. The minimum atomic E-state index is 0.485. The average molecular weight is 841 g/mol. The van der Waals surface area contributed by atoms with Gasteiger partial charge in [0.15, 0.2) is 0 Å². The van der Waals surface area contributed by atoms with E-state index in [1.165, 1.54) is 0 Å². The summed E-state index contributed by atoms with van der Waals surface area (Å²) in [6.45, 7) is 9.17. The molecular formula is C60H36N6. The van der Waals surface area contributed by atoms with Crippen molar-refractivity contribution in [2.45, 2.75) is 0 Å². The predicted octanol–water partition coefficient (Wildman–Crippen LogP) is 15.4. The van der Waals surface area contributed by atoms with Gasteiger partial charge < -0.3 is 9.13 Å². The van der Waals surface area contributed by atoms with Crippen molar-refractivity contribution in [2.75, 3.05) is 0 Å². The lowest BCUT2D eigenvalue weighted by Gasteiger charge is -2.20. The molecule has 6 nitrogen and oxygen atoms in total. The molecule has 0 saturated heterocycles. The molecule has 4 heterocycles. The maximum absolute atomic E-state index is 10.1. The van der Waals surface area contributed by atoms with Crippen molar-refractivity contribution in [1.82, 2.24) is 19.1 Å². The summed E-state index contributed by atoms with van der Waals surface area (Å²) in [4.78, 5) is 14.2. The Bertz CT molecular complexity index is 3920. The Kier molecular flexibility index (Phi) is 9.16. The summed E-state index contributed by atoms with van der Waals surface area (Å²) >= 11 is 0. The van der Waals surface area contributed by atoms with E-state index in [1.807, 2.05) is 73.1 Å². The van der Waals surface area contributed by atoms with E-state index in [1.54, 1.807) is 0 Å². The van der Waals surface area contributed by atoms with Crippen LogP contribution in [0.1, 0.15) is 5.56 Å². The molecule has 0 radical (unpaired) electrons. The SMILES string of the molecule is [C-]#[N+]c1c(-n2c3ccccc3c3ccc(-c4ccc(-c5ccccc5)nc4)cc32)ccc(-c2cccc(C#N)c2)c1-n1c2ccccc2c2ccc(-c3ccc(-c4ccccc4)nc3)cc21. The van der Waals surface area contributed by atoms with Crippen molar-refractivity contribution in [3.63, 3.8) is 0 Å². The summed E-state index contributed by atoms with van der Waals surface area (Å²) in [6.07, 6.45) is 3.87. The Morgan fingerprint density at radius 1 is 0.409 bits per heavy atom. The first-order valence-electron chi connectivity index (χ1n) is 21.8. The lowest BCUT2D eigenvalue weighted by molar-refractivity contribution is 1.15. The Balaban J connectivity index is 1.11. The minimum Gasteiger partial charge on any atom is -0.319 e. The molecule has 0 amide bonds. The van der Waals surface area contributed by atoms with Crippen LogP contribution in [0, 0.1) is 17.9 Å². The van der Waals surface area contributed by atoms with Crippen molar-refractivity contribution in [2.24, 2.45) is 0 Å². The first-order chi connectivity index (χ1) is 32.6. The van der Waals surface area contributed by atoms with Crippen molar-refractivity contribution in [3.8, 4) is 73.3 Å². The zero-order chi connectivity index (χ0) is 44.1. The van der Waals surface area contributed by atoms with Crippen LogP contribution in [-0.2, 0) is 0 Å². The number of hydrogen-bond donors (Lipinski definition) is 0. The second-order valence-corrected chi connectivity index (χ2v) is 16.4. The maximum atomic E-state index is 10.1. The van der Waals surface area contributed by atoms with Gasteiger partial charge in [-0.2, -0.15) is 5.26 Å². The fourth-order valence-corrected chi connectivity index (χ4v) is 9.56. The highest BCUT2D eigenvalue weighted by Gasteiger charge is 2.25. The lowest BCUT2D eigenvalue weighted by atomic mass is 9.99. The number of fused-ring (bicyclic) bond motifs is 6. The van der Waals surface area contributed by atoms with E-state index in [2.05, 4.69) is 166 Å². The standard InChI is InChI=1S/C60H36N6/c1-62-59-56(65-54-21-10-8-19-48(54)50-27-23-42(34-57(50)65)45-25-30-52(63-37-45)40-14-4-2-5-15-40)32-29-47(44-18-12-13-39(33-44)36-61)60(59)66-55-22-11-9-20-49(55)51-28-24-43(35-58(51)66)46-26-31-53(64-38-46)41-16-6-3-7-17-41/h2-35,37-38H. The summed E-state index contributed by atoms with van der Waals surface area (Å²) < 4.78 is 4.50. The molecular weight excluding hydrogens is 805 g/mol. The second-order valence-electron chi connectivity index (χ2n) is 16.4. The van der Waals surface area contributed by atoms with E-state index in [-0.39, 0.29) is 0 Å². The quantitative estimate of drug-likeness (QED) is 0.150. The topological polar surface area (TPSA) is 63.8 Å². The van der Waals surface area contributed by atoms with E-state index in [0.717, 1.165) is 111 Å². The summed E-state index contributed by atoms with van der Waals surface area (Å²) in [5.41, 5.74) is 16.1. The number of aromatic nitrogens is 4. The van der Waals surface area contributed by atoms with Crippen molar-refractivity contribution >= 4 is 49.3 Å². The molecule has 306 valence electrons. The van der Waals surface area contributed by atoms with Crippen LogP contribution >= 0.6 is 0 Å². The summed E-state index contributed by atoms with van der Waals surface area (Å²) in [7, 11) is 0. The zero-order valence-corrected chi connectivity index (χ0v) is 35.5. The highest BCUT2D eigenvalue weighted by Crippen LogP contribution is 2.46. The monoisotopic (exact) mass is 840 g/mol. The smallest absolute Gasteiger partial charge is 0.234 e. The molecule has 12 rings (SSSR count). The molecule has 0 aliphatic carbocycles. The molecule has 4 aromatic heterocycles. The highest BCUT2D eigenvalue weighted by atomic mass is 15.1. The third kappa shape index (κ3) is 6.33. The number of benzene rings is 8. The molecule has 0 N–H and O–H groups in total. The summed E-state index contributed by atoms with van der Waals surface area (Å²) in [5, 5.41) is 14.4. The Labute approximate surface area is 381 Å². The molecule has 12 aromatic rings. The van der Waals surface area contributed by atoms with E-state index in [4.69, 9.17) is 16.5 Å². The molecule has 0 fully saturated rings. The van der Waals surface area contributed by atoms with Gasteiger partial charge in [-0.05, 0) is 76.9 Å². The number of hydrogen-bond acceptors (Lipinski definition) is 3. The normalized spacial score (nSPS) is 11.3. The van der Waals surface area contributed by atoms with Crippen molar-refractivity contribution in [1.29, 1.82) is 5.26 Å². The van der Waals surface area contributed by atoms with Gasteiger partial charge in [-0.25, -0.2) is 4.85 Å². The van der Waals surface area contributed by atoms with Crippen molar-refractivity contribution < 1.29 is 0 Å². The number of nitrogens with zero attached hydrogens (tertiary/aromatic N) is 6. The van der Waals surface area contributed by atoms with Crippen LogP contribution in [0.2, 0.25) is 0 Å². The van der Waals surface area contributed by atoms with Gasteiger partial charge in [-0.3, -0.25) is 9.97 Å². The molecule has 0 bridgehead atoms. The first-order valence-corrected chi connectivity index (χ1v) is 21.8. The zero-order valence-electron chi connectivity index (χ0n) is 35.5. The Morgan fingerprint density at radius 2 is 0.909 bits per heavy atom. The molecule has 0 atom stereocenters. The Hall–Kier alpha value is -9.36. The largest absolute Gasteiger partial charge is 0.319 e. The van der Waals surface area contributed by atoms with E-state index >= 15 is 0 Å². The van der Waals surface area contributed by atoms with Crippen LogP contribution in [0.5, 0.6) is 0 Å². The number of nitriles is 1. The molecule has 0 aliphatic heterocycles. The first kappa shape index (κ1) is 38.3. The van der Waals surface area contributed by atoms with Gasteiger partial charge in [-0.1, -0.05) is 152 Å². The predicted molar refractivity (Wildman–Crippen MR) is 269 cm³/mol. The number of pyridine rings is 2. The summed E-state index contributed by atoms with van der Waals surface area (Å²) in [5.74, 6) is 0. The van der Waals surface area contributed by atoms with Gasteiger partial charge in [0.1, 0.15) is 0 Å². The van der Waals surface area contributed by atoms with Crippen LogP contribution in [0.3, 0.4) is 0 Å². The molecule has 0 saturated carbocycles. The van der Waals surface area contributed by atoms with Gasteiger partial charge in [0.05, 0.1) is 63.0 Å². The molecule has 8 aromatic carbocycles. The maximum Gasteiger partial charge on any atom is 0.234 e. The van der Waals surface area contributed by atoms with Crippen LogP contribution in [0.15, 0.2) is 219 Å². The van der Waals surface area contributed by atoms with Crippen LogP contribution < -0.4 is 0 Å². The molecule has 0 unspecified atom stereocenters. The molecule has 6 heteroatoms. The fraction of sp³-hybridized carbons (Fsp3) is 0. The van der Waals surface area contributed by atoms with Gasteiger partial charge in [0, 0.05) is 56.2 Å². The minimum absolute atomic E-state index is 0.485. The average Bonchev–Trinajstić information content (AvgIpc) is 3.90. The molecule has 0 spiro atoms. The summed E-state index contributed by atoms with van der Waals surface area (Å²) in [6, 6.07) is 72.9. The second kappa shape index (κ2) is 15.8. The molecule has 66 heavy (non-hydrogen) atoms. The van der Waals surface area contributed by atoms with Crippen molar-refractivity contribution in [3.05, 3.63) is 236 Å². The van der Waals surface area contributed by atoms with E-state index in [0.29, 0.717) is 11.3 Å². The van der Waals surface area contributed by atoms with E-state index < -0.39 is 0 Å². The fourth-order valence-electron chi connectivity index (χ4n) is 9.56. The van der Waals surface area contributed by atoms with Crippen LogP contribution in [0.25, 0.3) is 116 Å². The highest BCUT2D eigenvalue weighted by molar-refractivity contribution is 6.13. The number of rotatable bonds is 7. The van der Waals surface area contributed by atoms with E-state index in [9.17, 15) is 5.26 Å². The number of para-hydroxylation sites is 2. The molecule has 0 aliphatic rings. The van der Waals surface area contributed by atoms with Gasteiger partial charge >= 0.3 is 0 Å². The van der Waals surface area contributed by atoms with Gasteiger partial charge in [0.2, 0.25) is 5.69 Å². The lowest BCUT2D eigenvalue weighted by Crippen LogP contribution is -2.03.